The Kier molecular flexibility index (Phi) is 50.6. The van der Waals surface area contributed by atoms with Crippen LogP contribution in [0.2, 0.25) is 0 Å². The molecule has 0 rings (SSSR count). The zero-order valence-electron chi connectivity index (χ0n) is 25.2. The van der Waals surface area contributed by atoms with Crippen molar-refractivity contribution >= 4 is 54.4 Å². The smallest absolute Gasteiger partial charge is 0.782 e. The Morgan fingerprint density at radius 2 is 1.16 bits per heavy atom. The van der Waals surface area contributed by atoms with Crippen molar-refractivity contribution in [3.05, 3.63) is 26.0 Å². The number of rotatable bonds is 17. The summed E-state index contributed by atoms with van der Waals surface area (Å²) in [4.78, 5) is 31.9. The number of carboxylic acid groups (broad SMARTS) is 1. The zero-order chi connectivity index (χ0) is 29.3. The van der Waals surface area contributed by atoms with Gasteiger partial charge in [-0.2, -0.15) is 0 Å². The standard InChI is InChI=1S/C12H20O4.C10H20O2S.2C4H9.Sn/c1-3-5-6-10(4-2)9-16-12(15)8-7-11(13)14;1-3-5-6-9(4-2)7-12-10(11)8-13;2*1-3-4-2;/h7-8,10H,3-6,9H2,1-2H3,(H,13,14);9,13H,3-8H2,1-2H3;2*1,3-4H2,2H3;/q;;;;+2/p-2/b8-7-;;;;. The van der Waals surface area contributed by atoms with E-state index in [9.17, 15) is 19.5 Å². The van der Waals surface area contributed by atoms with Gasteiger partial charge in [-0.05, 0) is 30.8 Å². The molecule has 0 aliphatic rings. The van der Waals surface area contributed by atoms with Gasteiger partial charge in [-0.3, -0.25) is 4.79 Å². The summed E-state index contributed by atoms with van der Waals surface area (Å²) in [5.74, 6) is -1.32. The largest absolute Gasteiger partial charge is 2.00 e. The molecule has 0 spiro atoms. The van der Waals surface area contributed by atoms with Gasteiger partial charge in [-0.1, -0.05) is 125 Å². The second-order valence-electron chi connectivity index (χ2n) is 8.65. The molecule has 0 aromatic carbocycles. The SMILES string of the molecule is CCCCC(CC)COC(=O)/C=C\C(=O)[O-].CCCCC(CC)COC(=O)C[S-].[CH2]CCC.[CH2]CCC.[Sn+2]. The zero-order valence-corrected chi connectivity index (χ0v) is 28.9. The van der Waals surface area contributed by atoms with Crippen LogP contribution < -0.4 is 5.11 Å². The molecule has 0 saturated carbocycles. The Morgan fingerprint density at radius 1 is 0.763 bits per heavy atom. The minimum Gasteiger partial charge on any atom is -0.782 e. The van der Waals surface area contributed by atoms with Crippen molar-refractivity contribution in [3.63, 3.8) is 0 Å². The van der Waals surface area contributed by atoms with E-state index in [1.54, 1.807) is 0 Å². The average Bonchev–Trinajstić information content (AvgIpc) is 2.92. The average molecular weight is 664 g/mol. The van der Waals surface area contributed by atoms with Gasteiger partial charge < -0.3 is 32.0 Å². The van der Waals surface area contributed by atoms with Gasteiger partial charge in [0.05, 0.1) is 19.2 Å². The summed E-state index contributed by atoms with van der Waals surface area (Å²) in [7, 11) is 0. The van der Waals surface area contributed by atoms with Gasteiger partial charge in [0.25, 0.3) is 5.97 Å². The molecule has 0 heterocycles. The first-order valence-corrected chi connectivity index (χ1v) is 14.6. The van der Waals surface area contributed by atoms with E-state index in [1.165, 1.54) is 25.7 Å². The number of carbonyl (C=O) groups is 3. The molecular formula is C30H56O6SSn. The molecule has 2 atom stereocenters. The first-order valence-electron chi connectivity index (χ1n) is 14.0. The van der Waals surface area contributed by atoms with Crippen LogP contribution in [0.1, 0.15) is 119 Å². The number of hydrogen-bond acceptors (Lipinski definition) is 7. The van der Waals surface area contributed by atoms with E-state index >= 15 is 0 Å². The Bertz CT molecular complexity index is 521. The van der Waals surface area contributed by atoms with E-state index in [0.29, 0.717) is 31.1 Å². The monoisotopic (exact) mass is 664 g/mol. The molecule has 38 heavy (non-hydrogen) atoms. The van der Waals surface area contributed by atoms with E-state index in [4.69, 9.17) is 9.47 Å². The van der Waals surface area contributed by atoms with E-state index in [1.807, 2.05) is 6.92 Å². The van der Waals surface area contributed by atoms with Gasteiger partial charge in [-0.25, -0.2) is 4.79 Å². The second-order valence-corrected chi connectivity index (χ2v) is 8.94. The maximum Gasteiger partial charge on any atom is 2.00 e. The summed E-state index contributed by atoms with van der Waals surface area (Å²) in [5.41, 5.74) is 0. The Labute approximate surface area is 257 Å². The molecule has 0 aromatic rings. The summed E-state index contributed by atoms with van der Waals surface area (Å²) in [5, 5.41) is 10.0. The van der Waals surface area contributed by atoms with Crippen molar-refractivity contribution < 1.29 is 29.0 Å². The molecule has 0 saturated heterocycles. The van der Waals surface area contributed by atoms with E-state index in [-0.39, 0.29) is 35.6 Å². The first kappa shape index (κ1) is 47.1. The number of hydrogen-bond donors (Lipinski definition) is 0. The fourth-order valence-electron chi connectivity index (χ4n) is 2.43. The van der Waals surface area contributed by atoms with Crippen LogP contribution in [-0.2, 0) is 36.5 Å². The summed E-state index contributed by atoms with van der Waals surface area (Å²) < 4.78 is 9.92. The van der Waals surface area contributed by atoms with Crippen molar-refractivity contribution in [1.29, 1.82) is 0 Å². The predicted octanol–water partition coefficient (Wildman–Crippen LogP) is 6.21. The predicted molar refractivity (Wildman–Crippen MR) is 161 cm³/mol. The maximum absolute atomic E-state index is 11.0. The van der Waals surface area contributed by atoms with Gasteiger partial charge in [-0.15, -0.1) is 0 Å². The van der Waals surface area contributed by atoms with E-state index < -0.39 is 11.9 Å². The van der Waals surface area contributed by atoms with Crippen molar-refractivity contribution in [2.45, 2.75) is 119 Å². The number of esters is 2. The molecule has 0 fully saturated rings. The molecule has 8 heteroatoms. The fraction of sp³-hybridized carbons (Fsp3) is 0.767. The number of unbranched alkanes of at least 4 members (excludes halogenated alkanes) is 4. The number of carboxylic acids is 1. The Morgan fingerprint density at radius 3 is 1.45 bits per heavy atom. The molecule has 0 N–H and O–H groups in total. The van der Waals surface area contributed by atoms with E-state index in [2.05, 4.69) is 61.1 Å². The van der Waals surface area contributed by atoms with Gasteiger partial charge in [0.2, 0.25) is 0 Å². The third-order valence-corrected chi connectivity index (χ3v) is 5.44. The first-order chi connectivity index (χ1) is 17.7. The second kappa shape index (κ2) is 40.8. The quantitative estimate of drug-likeness (QED) is 0.0792. The van der Waals surface area contributed by atoms with Crippen LogP contribution in [0.4, 0.5) is 0 Å². The molecule has 222 valence electrons. The molecule has 4 radical (unpaired) electrons. The van der Waals surface area contributed by atoms with Crippen molar-refractivity contribution in [3.8, 4) is 0 Å². The fourth-order valence-corrected chi connectivity index (χ4v) is 2.52. The van der Waals surface area contributed by atoms with Crippen molar-refractivity contribution in [2.24, 2.45) is 11.8 Å². The van der Waals surface area contributed by atoms with Gasteiger partial charge in [0, 0.05) is 6.08 Å². The normalized spacial score (nSPS) is 11.2. The van der Waals surface area contributed by atoms with Crippen LogP contribution in [0.5, 0.6) is 0 Å². The minimum atomic E-state index is -1.39. The molecular weight excluding hydrogens is 607 g/mol. The number of ether oxygens (including phenoxy) is 2. The summed E-state index contributed by atoms with van der Waals surface area (Å²) in [6.07, 6.45) is 15.0. The van der Waals surface area contributed by atoms with Crippen LogP contribution >= 0.6 is 0 Å². The minimum absolute atomic E-state index is 0. The summed E-state index contributed by atoms with van der Waals surface area (Å²) in [6.45, 7) is 20.8. The Hall–Kier alpha value is -0.701. The van der Waals surface area contributed by atoms with Crippen molar-refractivity contribution in [2.75, 3.05) is 19.0 Å². The summed E-state index contributed by atoms with van der Waals surface area (Å²) in [6, 6.07) is 0. The van der Waals surface area contributed by atoms with Gasteiger partial charge in [0.1, 0.15) is 0 Å². The van der Waals surface area contributed by atoms with Crippen LogP contribution in [0.15, 0.2) is 12.2 Å². The van der Waals surface area contributed by atoms with Crippen LogP contribution in [0.3, 0.4) is 0 Å². The molecule has 0 amide bonds. The van der Waals surface area contributed by atoms with Crippen molar-refractivity contribution in [1.82, 2.24) is 0 Å². The summed E-state index contributed by atoms with van der Waals surface area (Å²) >= 11 is 4.58. The van der Waals surface area contributed by atoms with Crippen LogP contribution in [-0.4, -0.2) is 60.8 Å². The third kappa shape index (κ3) is 45.2. The molecule has 0 aliphatic heterocycles. The topological polar surface area (TPSA) is 92.7 Å². The molecule has 0 aliphatic carbocycles. The van der Waals surface area contributed by atoms with Gasteiger partial charge in [0.15, 0.2) is 0 Å². The Balaban J connectivity index is -0.000000147. The third-order valence-electron chi connectivity index (χ3n) is 5.21. The molecule has 6 nitrogen and oxygen atoms in total. The maximum atomic E-state index is 11.0. The van der Waals surface area contributed by atoms with Gasteiger partial charge >= 0.3 is 29.9 Å². The number of carbonyl (C=O) groups excluding carboxylic acids is 3. The molecule has 0 aromatic heterocycles. The van der Waals surface area contributed by atoms with Crippen LogP contribution in [0.25, 0.3) is 0 Å². The molecule has 0 bridgehead atoms. The van der Waals surface area contributed by atoms with E-state index in [0.717, 1.165) is 57.4 Å². The van der Waals surface area contributed by atoms with Crippen LogP contribution in [0, 0.1) is 25.7 Å². The molecule has 2 unspecified atom stereocenters. The number of aliphatic carboxylic acids is 1.